The van der Waals surface area contributed by atoms with Crippen molar-refractivity contribution in [3.05, 3.63) is 18.0 Å². The van der Waals surface area contributed by atoms with Gasteiger partial charge in [-0.3, -0.25) is 9.48 Å². The van der Waals surface area contributed by atoms with Crippen LogP contribution >= 0.6 is 0 Å². The number of rotatable bonds is 4. The van der Waals surface area contributed by atoms with Gasteiger partial charge in [-0.05, 0) is 6.42 Å². The molecule has 1 unspecified atom stereocenters. The molecule has 2 heterocycles. The summed E-state index contributed by atoms with van der Waals surface area (Å²) in [7, 11) is 0. The molecule has 0 radical (unpaired) electrons. The second-order valence-electron chi connectivity index (χ2n) is 4.74. The summed E-state index contributed by atoms with van der Waals surface area (Å²) in [5, 5.41) is 12.8. The molecule has 1 amide bonds. The molecular formula is C12H16FN3O3. The summed E-state index contributed by atoms with van der Waals surface area (Å²) in [6, 6.07) is 0. The zero-order valence-corrected chi connectivity index (χ0v) is 10.7. The van der Waals surface area contributed by atoms with Crippen molar-refractivity contribution >= 4 is 11.9 Å². The Morgan fingerprint density at radius 1 is 1.58 bits per heavy atom. The fourth-order valence-corrected chi connectivity index (χ4v) is 2.13. The van der Waals surface area contributed by atoms with Crippen molar-refractivity contribution in [2.24, 2.45) is 0 Å². The van der Waals surface area contributed by atoms with Gasteiger partial charge < -0.3 is 10.0 Å². The van der Waals surface area contributed by atoms with E-state index in [9.17, 15) is 14.0 Å². The molecule has 1 aliphatic rings. The predicted molar refractivity (Wildman–Crippen MR) is 64.5 cm³/mol. The van der Waals surface area contributed by atoms with Crippen LogP contribution < -0.4 is 0 Å². The number of hydrogen-bond acceptors (Lipinski definition) is 3. The Morgan fingerprint density at radius 2 is 2.32 bits per heavy atom. The standard InChI is InChI=1S/C12H16FN3O3/c1-2-4-16-7-9(6-14-16)10(17)15-5-3-12(13,8-15)11(18)19/h6-7H,2-5,8H2,1H3,(H,18,19). The van der Waals surface area contributed by atoms with Crippen LogP contribution in [0, 0.1) is 0 Å². The zero-order chi connectivity index (χ0) is 14.0. The molecule has 6 nitrogen and oxygen atoms in total. The molecule has 7 heteroatoms. The van der Waals surface area contributed by atoms with Crippen molar-refractivity contribution in [2.75, 3.05) is 13.1 Å². The van der Waals surface area contributed by atoms with Crippen LogP contribution in [0.25, 0.3) is 0 Å². The van der Waals surface area contributed by atoms with E-state index in [1.54, 1.807) is 10.9 Å². The van der Waals surface area contributed by atoms with Crippen LogP contribution in [-0.2, 0) is 11.3 Å². The summed E-state index contributed by atoms with van der Waals surface area (Å²) in [4.78, 5) is 24.1. The van der Waals surface area contributed by atoms with Crippen LogP contribution in [0.4, 0.5) is 4.39 Å². The number of aryl methyl sites for hydroxylation is 1. The molecule has 19 heavy (non-hydrogen) atoms. The highest BCUT2D eigenvalue weighted by Gasteiger charge is 2.47. The number of carbonyl (C=O) groups excluding carboxylic acids is 1. The molecule has 1 aliphatic heterocycles. The van der Waals surface area contributed by atoms with Gasteiger partial charge in [-0.25, -0.2) is 9.18 Å². The van der Waals surface area contributed by atoms with Gasteiger partial charge >= 0.3 is 5.97 Å². The van der Waals surface area contributed by atoms with Gasteiger partial charge in [0.05, 0.1) is 18.3 Å². The highest BCUT2D eigenvalue weighted by Crippen LogP contribution is 2.27. The van der Waals surface area contributed by atoms with Crippen LogP contribution in [0.3, 0.4) is 0 Å². The number of amides is 1. The number of likely N-dealkylation sites (tertiary alicyclic amines) is 1. The molecule has 104 valence electrons. The van der Waals surface area contributed by atoms with Gasteiger partial charge in [0.25, 0.3) is 5.91 Å². The van der Waals surface area contributed by atoms with Gasteiger partial charge in [0, 0.05) is 25.7 Å². The average Bonchev–Trinajstić information content (AvgIpc) is 2.97. The molecule has 1 aromatic heterocycles. The molecule has 1 aromatic rings. The molecule has 1 atom stereocenters. The third kappa shape index (κ3) is 2.59. The number of nitrogens with zero attached hydrogens (tertiary/aromatic N) is 3. The topological polar surface area (TPSA) is 75.4 Å². The maximum Gasteiger partial charge on any atom is 0.343 e. The largest absolute Gasteiger partial charge is 0.479 e. The lowest BCUT2D eigenvalue weighted by atomic mass is 10.1. The van der Waals surface area contributed by atoms with E-state index >= 15 is 0 Å². The van der Waals surface area contributed by atoms with Gasteiger partial charge in [-0.2, -0.15) is 5.10 Å². The fourth-order valence-electron chi connectivity index (χ4n) is 2.13. The van der Waals surface area contributed by atoms with Crippen molar-refractivity contribution in [3.63, 3.8) is 0 Å². The van der Waals surface area contributed by atoms with E-state index in [1.165, 1.54) is 11.1 Å². The number of carboxylic acids is 1. The van der Waals surface area contributed by atoms with E-state index in [-0.39, 0.29) is 18.9 Å². The van der Waals surface area contributed by atoms with E-state index in [2.05, 4.69) is 5.10 Å². The van der Waals surface area contributed by atoms with Crippen molar-refractivity contribution in [1.29, 1.82) is 0 Å². The number of aromatic nitrogens is 2. The molecule has 0 saturated carbocycles. The summed E-state index contributed by atoms with van der Waals surface area (Å²) in [6.07, 6.45) is 3.75. The smallest absolute Gasteiger partial charge is 0.343 e. The van der Waals surface area contributed by atoms with Gasteiger partial charge in [-0.1, -0.05) is 6.92 Å². The quantitative estimate of drug-likeness (QED) is 0.882. The van der Waals surface area contributed by atoms with Crippen LogP contribution in [0.2, 0.25) is 0 Å². The van der Waals surface area contributed by atoms with E-state index in [0.717, 1.165) is 6.42 Å². The first-order valence-corrected chi connectivity index (χ1v) is 6.20. The number of hydrogen-bond donors (Lipinski definition) is 1. The Labute approximate surface area is 109 Å². The van der Waals surface area contributed by atoms with Crippen LogP contribution in [0.5, 0.6) is 0 Å². The highest BCUT2D eigenvalue weighted by molar-refractivity contribution is 5.94. The molecule has 0 bridgehead atoms. The summed E-state index contributed by atoms with van der Waals surface area (Å²) in [6.45, 7) is 2.41. The van der Waals surface area contributed by atoms with Crippen molar-refractivity contribution in [2.45, 2.75) is 32.0 Å². The van der Waals surface area contributed by atoms with E-state index in [1.807, 2.05) is 6.92 Å². The molecule has 1 N–H and O–H groups in total. The number of carbonyl (C=O) groups is 2. The summed E-state index contributed by atoms with van der Waals surface area (Å²) >= 11 is 0. The van der Waals surface area contributed by atoms with Crippen molar-refractivity contribution < 1.29 is 19.1 Å². The van der Waals surface area contributed by atoms with E-state index in [4.69, 9.17) is 5.11 Å². The number of aliphatic carboxylic acids is 1. The Hall–Kier alpha value is -1.92. The lowest BCUT2D eigenvalue weighted by Crippen LogP contribution is -2.38. The molecular weight excluding hydrogens is 253 g/mol. The maximum absolute atomic E-state index is 13.9. The minimum Gasteiger partial charge on any atom is -0.479 e. The van der Waals surface area contributed by atoms with Crippen LogP contribution in [0.15, 0.2) is 12.4 Å². The van der Waals surface area contributed by atoms with Crippen molar-refractivity contribution in [1.82, 2.24) is 14.7 Å². The van der Waals surface area contributed by atoms with Crippen LogP contribution in [-0.4, -0.2) is 50.4 Å². The first-order valence-electron chi connectivity index (χ1n) is 6.20. The SMILES string of the molecule is CCCn1cc(C(=O)N2CCC(F)(C(=O)O)C2)cn1. The molecule has 0 aromatic carbocycles. The Balaban J connectivity index is 2.06. The number of carboxylic acid groups (broad SMARTS) is 1. The molecule has 2 rings (SSSR count). The normalized spacial score (nSPS) is 22.7. The Bertz CT molecular complexity index is 502. The monoisotopic (exact) mass is 269 g/mol. The van der Waals surface area contributed by atoms with E-state index < -0.39 is 18.2 Å². The minimum absolute atomic E-state index is 0.112. The third-order valence-corrected chi connectivity index (χ3v) is 3.22. The van der Waals surface area contributed by atoms with Gasteiger partial charge in [0.1, 0.15) is 0 Å². The third-order valence-electron chi connectivity index (χ3n) is 3.22. The fraction of sp³-hybridized carbons (Fsp3) is 0.583. The Kier molecular flexibility index (Phi) is 3.55. The average molecular weight is 269 g/mol. The number of halogens is 1. The van der Waals surface area contributed by atoms with Gasteiger partial charge in [0.2, 0.25) is 5.67 Å². The highest BCUT2D eigenvalue weighted by atomic mass is 19.1. The maximum atomic E-state index is 13.9. The molecule has 0 spiro atoms. The lowest BCUT2D eigenvalue weighted by molar-refractivity contribution is -0.149. The summed E-state index contributed by atoms with van der Waals surface area (Å²) < 4.78 is 15.5. The van der Waals surface area contributed by atoms with E-state index in [0.29, 0.717) is 12.1 Å². The van der Waals surface area contributed by atoms with Crippen LogP contribution in [0.1, 0.15) is 30.1 Å². The zero-order valence-electron chi connectivity index (χ0n) is 10.7. The molecule has 1 saturated heterocycles. The van der Waals surface area contributed by atoms with Gasteiger partial charge in [0.15, 0.2) is 0 Å². The molecule has 0 aliphatic carbocycles. The second-order valence-corrected chi connectivity index (χ2v) is 4.74. The van der Waals surface area contributed by atoms with Crippen molar-refractivity contribution in [3.8, 4) is 0 Å². The second kappa shape index (κ2) is 4.99. The first kappa shape index (κ1) is 13.5. The predicted octanol–water partition coefficient (Wildman–Crippen LogP) is 0.932. The van der Waals surface area contributed by atoms with Gasteiger partial charge in [-0.15, -0.1) is 0 Å². The molecule has 1 fully saturated rings. The number of alkyl halides is 1. The lowest BCUT2D eigenvalue weighted by Gasteiger charge is -2.16. The first-order chi connectivity index (χ1) is 8.96. The Morgan fingerprint density at radius 3 is 2.89 bits per heavy atom. The summed E-state index contributed by atoms with van der Waals surface area (Å²) in [5.41, 5.74) is -1.96. The summed E-state index contributed by atoms with van der Waals surface area (Å²) in [5.74, 6) is -1.88. The minimum atomic E-state index is -2.32.